The Kier molecular flexibility index (Phi) is 11.1. The molecule has 0 aliphatic carbocycles. The molecule has 0 saturated heterocycles. The van der Waals surface area contributed by atoms with E-state index in [4.69, 9.17) is 9.90 Å². The van der Waals surface area contributed by atoms with Gasteiger partial charge >= 0.3 is 30.5 Å². The van der Waals surface area contributed by atoms with Crippen molar-refractivity contribution in [2.24, 2.45) is 0 Å². The van der Waals surface area contributed by atoms with Crippen molar-refractivity contribution in [1.82, 2.24) is 15.6 Å². The van der Waals surface area contributed by atoms with E-state index >= 15 is 0 Å². The standard InChI is InChI=1S/C24H21F6N3O.C2HF3O2/c25-23(26,27)18-12-10-17(11-13-18)20(21-19(24(28,29)30)9-5-14-31-21)33-22(34)32-15-4-8-16-6-2-1-3-7-16;3-2(4,5)1(6)7/h1-3,5-7,9-14,20H,4,8,15H2,(H2,32,33,34);(H,6,7)/t20-;/m0./s1. The third kappa shape index (κ3) is 10.7. The Morgan fingerprint density at radius 3 is 1.90 bits per heavy atom. The number of benzene rings is 2. The van der Waals surface area contributed by atoms with Gasteiger partial charge in [0, 0.05) is 12.7 Å². The van der Waals surface area contributed by atoms with E-state index in [1.165, 1.54) is 0 Å². The van der Waals surface area contributed by atoms with Gasteiger partial charge in [0.05, 0.1) is 22.9 Å². The minimum Gasteiger partial charge on any atom is -0.475 e. The third-order valence-corrected chi connectivity index (χ3v) is 5.28. The zero-order valence-electron chi connectivity index (χ0n) is 20.7. The van der Waals surface area contributed by atoms with Gasteiger partial charge in [0.2, 0.25) is 0 Å². The second-order valence-electron chi connectivity index (χ2n) is 8.28. The number of nitrogens with one attached hydrogen (secondary N) is 2. The largest absolute Gasteiger partial charge is 0.490 e. The van der Waals surface area contributed by atoms with Crippen molar-refractivity contribution in [1.29, 1.82) is 0 Å². The molecule has 0 spiro atoms. The Morgan fingerprint density at radius 1 is 0.805 bits per heavy atom. The zero-order valence-corrected chi connectivity index (χ0v) is 20.7. The average molecular weight is 595 g/mol. The number of carboxylic acids is 1. The molecule has 0 unspecified atom stereocenters. The van der Waals surface area contributed by atoms with Crippen LogP contribution in [0.4, 0.5) is 44.3 Å². The molecule has 1 atom stereocenters. The number of carbonyl (C=O) groups excluding carboxylic acids is 1. The van der Waals surface area contributed by atoms with Gasteiger partial charge in [-0.25, -0.2) is 9.59 Å². The highest BCUT2D eigenvalue weighted by molar-refractivity contribution is 5.75. The second kappa shape index (κ2) is 13.9. The summed E-state index contributed by atoms with van der Waals surface area (Å²) in [6.45, 7) is 0.245. The number of hydrogen-bond acceptors (Lipinski definition) is 3. The smallest absolute Gasteiger partial charge is 0.475 e. The van der Waals surface area contributed by atoms with E-state index in [0.717, 1.165) is 48.2 Å². The van der Waals surface area contributed by atoms with Gasteiger partial charge in [0.15, 0.2) is 0 Å². The fourth-order valence-corrected chi connectivity index (χ4v) is 3.38. The molecule has 0 fully saturated rings. The molecule has 2 aromatic carbocycles. The van der Waals surface area contributed by atoms with Crippen molar-refractivity contribution in [3.05, 3.63) is 101 Å². The van der Waals surface area contributed by atoms with E-state index in [1.807, 2.05) is 30.3 Å². The fraction of sp³-hybridized carbons (Fsp3) is 0.269. The molecule has 3 N–H and O–H groups in total. The number of halogens is 9. The number of nitrogens with zero attached hydrogens (tertiary/aromatic N) is 1. The molecule has 6 nitrogen and oxygen atoms in total. The normalized spacial score (nSPS) is 12.5. The van der Waals surface area contributed by atoms with Crippen LogP contribution in [0.5, 0.6) is 0 Å². The minimum absolute atomic E-state index is 0.0247. The van der Waals surface area contributed by atoms with Crippen molar-refractivity contribution < 1.29 is 54.2 Å². The van der Waals surface area contributed by atoms with Crippen molar-refractivity contribution in [3.8, 4) is 0 Å². The van der Waals surface area contributed by atoms with Crippen LogP contribution >= 0.6 is 0 Å². The number of amides is 2. The van der Waals surface area contributed by atoms with E-state index in [9.17, 15) is 44.3 Å². The third-order valence-electron chi connectivity index (χ3n) is 5.28. The molecule has 0 saturated carbocycles. The van der Waals surface area contributed by atoms with E-state index < -0.39 is 53.4 Å². The molecule has 1 heterocycles. The molecule has 15 heteroatoms. The number of carboxylic acid groups (broad SMARTS) is 1. The Labute approximate surface area is 227 Å². The maximum Gasteiger partial charge on any atom is 0.490 e. The first-order chi connectivity index (χ1) is 19.0. The molecule has 0 bridgehead atoms. The molecule has 0 aliphatic rings. The van der Waals surface area contributed by atoms with Crippen molar-refractivity contribution >= 4 is 12.0 Å². The van der Waals surface area contributed by atoms with Gasteiger partial charge in [-0.3, -0.25) is 4.98 Å². The lowest BCUT2D eigenvalue weighted by Gasteiger charge is -2.23. The number of aryl methyl sites for hydroxylation is 1. The molecular weight excluding hydrogens is 573 g/mol. The van der Waals surface area contributed by atoms with Crippen molar-refractivity contribution in [2.75, 3.05) is 6.54 Å². The number of carbonyl (C=O) groups is 2. The summed E-state index contributed by atoms with van der Waals surface area (Å²) in [6.07, 6.45) is -12.1. The van der Waals surface area contributed by atoms with Crippen LogP contribution in [0.1, 0.15) is 40.4 Å². The first-order valence-electron chi connectivity index (χ1n) is 11.6. The molecule has 0 aliphatic heterocycles. The van der Waals surface area contributed by atoms with Crippen LogP contribution in [0, 0.1) is 0 Å². The average Bonchev–Trinajstić information content (AvgIpc) is 2.89. The van der Waals surface area contributed by atoms with E-state index in [1.54, 1.807) is 0 Å². The van der Waals surface area contributed by atoms with Gasteiger partial charge in [0.1, 0.15) is 0 Å². The molecule has 0 radical (unpaired) electrons. The van der Waals surface area contributed by atoms with E-state index in [0.29, 0.717) is 12.8 Å². The molecular formula is C26H22F9N3O3. The number of aliphatic carboxylic acids is 1. The van der Waals surface area contributed by atoms with Crippen LogP contribution < -0.4 is 10.6 Å². The summed E-state index contributed by atoms with van der Waals surface area (Å²) in [5.41, 5.74) is -1.48. The van der Waals surface area contributed by atoms with Crippen LogP contribution in [-0.2, 0) is 23.6 Å². The first-order valence-corrected chi connectivity index (χ1v) is 11.6. The number of pyridine rings is 1. The predicted molar refractivity (Wildman–Crippen MR) is 128 cm³/mol. The van der Waals surface area contributed by atoms with Crippen LogP contribution in [0.25, 0.3) is 0 Å². The van der Waals surface area contributed by atoms with Gasteiger partial charge < -0.3 is 15.7 Å². The topological polar surface area (TPSA) is 91.3 Å². The van der Waals surface area contributed by atoms with Gasteiger partial charge in [0.25, 0.3) is 0 Å². The summed E-state index contributed by atoms with van der Waals surface area (Å²) in [4.78, 5) is 25.2. The summed E-state index contributed by atoms with van der Waals surface area (Å²) >= 11 is 0. The molecule has 3 aromatic rings. The number of hydrogen-bond donors (Lipinski definition) is 3. The lowest BCUT2D eigenvalue weighted by molar-refractivity contribution is -0.192. The summed E-state index contributed by atoms with van der Waals surface area (Å²) < 4.78 is 111. The van der Waals surface area contributed by atoms with Crippen molar-refractivity contribution in [2.45, 2.75) is 37.4 Å². The SMILES string of the molecule is O=C(NCCCc1ccccc1)N[C@@H](c1ccc(C(F)(F)F)cc1)c1ncccc1C(F)(F)F.O=C(O)C(F)(F)F. The zero-order chi connectivity index (χ0) is 30.8. The maximum absolute atomic E-state index is 13.6. The molecule has 2 amide bonds. The monoisotopic (exact) mass is 595 g/mol. The summed E-state index contributed by atoms with van der Waals surface area (Å²) in [5.74, 6) is -2.76. The molecule has 1 aromatic heterocycles. The quantitative estimate of drug-likeness (QED) is 0.208. The number of rotatable bonds is 7. The lowest BCUT2D eigenvalue weighted by atomic mass is 9.98. The van der Waals surface area contributed by atoms with E-state index in [2.05, 4.69) is 15.6 Å². The Bertz CT molecular complexity index is 1280. The summed E-state index contributed by atoms with van der Waals surface area (Å²) in [6, 6.07) is 12.8. The second-order valence-corrected chi connectivity index (χ2v) is 8.28. The van der Waals surface area contributed by atoms with Crippen molar-refractivity contribution in [3.63, 3.8) is 0 Å². The van der Waals surface area contributed by atoms with Gasteiger partial charge in [-0.05, 0) is 48.2 Å². The minimum atomic E-state index is -5.08. The maximum atomic E-state index is 13.6. The summed E-state index contributed by atoms with van der Waals surface area (Å²) in [5, 5.41) is 12.1. The molecule has 3 rings (SSSR count). The Balaban J connectivity index is 0.000000745. The predicted octanol–water partition coefficient (Wildman–Crippen LogP) is 6.77. The molecule has 222 valence electrons. The first kappa shape index (κ1) is 32.9. The lowest BCUT2D eigenvalue weighted by Crippen LogP contribution is -2.39. The fourth-order valence-electron chi connectivity index (χ4n) is 3.38. The highest BCUT2D eigenvalue weighted by Gasteiger charge is 2.38. The van der Waals surface area contributed by atoms with Gasteiger partial charge in [-0.15, -0.1) is 0 Å². The summed E-state index contributed by atoms with van der Waals surface area (Å²) in [7, 11) is 0. The van der Waals surface area contributed by atoms with Gasteiger partial charge in [-0.1, -0.05) is 42.5 Å². The van der Waals surface area contributed by atoms with Crippen LogP contribution in [0.2, 0.25) is 0 Å². The van der Waals surface area contributed by atoms with Gasteiger partial charge in [-0.2, -0.15) is 39.5 Å². The number of alkyl halides is 9. The van der Waals surface area contributed by atoms with E-state index in [-0.39, 0.29) is 12.1 Å². The van der Waals surface area contributed by atoms with Crippen LogP contribution in [0.15, 0.2) is 72.9 Å². The number of aromatic nitrogens is 1. The van der Waals surface area contributed by atoms with Crippen LogP contribution in [-0.4, -0.2) is 34.8 Å². The Hall–Kier alpha value is -4.30. The Morgan fingerprint density at radius 2 is 1.39 bits per heavy atom. The van der Waals surface area contributed by atoms with Crippen LogP contribution in [0.3, 0.4) is 0 Å². The number of urea groups is 1. The highest BCUT2D eigenvalue weighted by atomic mass is 19.4. The highest BCUT2D eigenvalue weighted by Crippen LogP contribution is 2.36. The molecule has 41 heavy (non-hydrogen) atoms.